The summed E-state index contributed by atoms with van der Waals surface area (Å²) < 4.78 is 52.3. The molecule has 2 N–H and O–H groups in total. The van der Waals surface area contributed by atoms with Crippen LogP contribution >= 0.6 is 0 Å². The summed E-state index contributed by atoms with van der Waals surface area (Å²) >= 11 is 0. The van der Waals surface area contributed by atoms with Crippen LogP contribution in [-0.4, -0.2) is 45.0 Å². The van der Waals surface area contributed by atoms with E-state index >= 15 is 0 Å². The van der Waals surface area contributed by atoms with Gasteiger partial charge in [-0.15, -0.1) is 0 Å². The van der Waals surface area contributed by atoms with Crippen LogP contribution in [0, 0.1) is 0 Å². The van der Waals surface area contributed by atoms with E-state index in [1.807, 2.05) is 19.1 Å². The Labute approximate surface area is 198 Å². The first-order chi connectivity index (χ1) is 16.8. The number of alkyl halides is 3. The molecule has 0 saturated heterocycles. The average molecular weight is 488 g/mol. The Morgan fingerprint density at radius 3 is 2.89 bits per heavy atom. The van der Waals surface area contributed by atoms with Crippen LogP contribution in [0.2, 0.25) is 0 Å². The van der Waals surface area contributed by atoms with Gasteiger partial charge in [0.05, 0.1) is 48.3 Å². The number of amides is 1. The molecule has 3 aromatic rings. The van der Waals surface area contributed by atoms with Crippen LogP contribution < -0.4 is 10.1 Å². The standard InChI is InChI=1S/C24H23F3N4O4/c1-2-14-4-3-5-16(28-14)20-18-12-34-9-8-31(18)30-21(20)23(33)29-17-11-35-19-7-6-13(24(25,26)27)10-15(19)22(17)32/h3-7,10,17,22,32H,2,8-9,11-12H2,1H3,(H,29,33)/t17-,22?/m0/s1. The van der Waals surface area contributed by atoms with Crippen molar-refractivity contribution in [2.24, 2.45) is 0 Å². The molecule has 11 heteroatoms. The predicted molar refractivity (Wildman–Crippen MR) is 118 cm³/mol. The van der Waals surface area contributed by atoms with Crippen LogP contribution in [0.5, 0.6) is 5.75 Å². The molecule has 0 bridgehead atoms. The molecule has 5 rings (SSSR count). The Hall–Kier alpha value is -3.44. The number of aromatic nitrogens is 3. The number of aryl methyl sites for hydroxylation is 1. The second kappa shape index (κ2) is 8.97. The van der Waals surface area contributed by atoms with Crippen LogP contribution in [-0.2, 0) is 30.5 Å². The maximum absolute atomic E-state index is 13.4. The third kappa shape index (κ3) is 4.37. The highest BCUT2D eigenvalue weighted by Gasteiger charge is 2.37. The van der Waals surface area contributed by atoms with E-state index in [-0.39, 0.29) is 30.2 Å². The lowest BCUT2D eigenvalue weighted by Crippen LogP contribution is -2.46. The maximum atomic E-state index is 13.4. The number of carbonyl (C=O) groups excluding carboxylic acids is 1. The highest BCUT2D eigenvalue weighted by atomic mass is 19.4. The van der Waals surface area contributed by atoms with Gasteiger partial charge in [0.15, 0.2) is 5.69 Å². The second-order valence-corrected chi connectivity index (χ2v) is 8.40. The molecule has 2 aliphatic rings. The SMILES string of the molecule is CCc1cccc(-c2c(C(=O)N[C@H]3COc4ccc(C(F)(F)F)cc4C3O)nn3c2COCC3)n1. The van der Waals surface area contributed by atoms with Gasteiger partial charge in [-0.1, -0.05) is 13.0 Å². The number of benzene rings is 1. The largest absolute Gasteiger partial charge is 0.491 e. The van der Waals surface area contributed by atoms with Crippen LogP contribution in [0.1, 0.15) is 46.0 Å². The molecule has 2 atom stereocenters. The van der Waals surface area contributed by atoms with Gasteiger partial charge in [0, 0.05) is 11.3 Å². The summed E-state index contributed by atoms with van der Waals surface area (Å²) in [4.78, 5) is 18.0. The number of carbonyl (C=O) groups is 1. The molecule has 0 aliphatic carbocycles. The summed E-state index contributed by atoms with van der Waals surface area (Å²) in [5.41, 5.74) is 1.82. The number of rotatable bonds is 4. The summed E-state index contributed by atoms with van der Waals surface area (Å²) in [6, 6.07) is 7.46. The number of aliphatic hydroxyl groups excluding tert-OH is 1. The molecule has 4 heterocycles. The first kappa shape index (κ1) is 23.3. The first-order valence-corrected chi connectivity index (χ1v) is 11.2. The topological polar surface area (TPSA) is 98.5 Å². The molecule has 35 heavy (non-hydrogen) atoms. The number of nitrogens with zero attached hydrogens (tertiary/aromatic N) is 3. The molecule has 184 valence electrons. The van der Waals surface area contributed by atoms with Gasteiger partial charge in [-0.3, -0.25) is 14.5 Å². The normalized spacial score (nSPS) is 19.5. The molecular formula is C24H23F3N4O4. The molecule has 0 saturated carbocycles. The second-order valence-electron chi connectivity index (χ2n) is 8.40. The van der Waals surface area contributed by atoms with Gasteiger partial charge in [0.1, 0.15) is 18.5 Å². The predicted octanol–water partition coefficient (Wildman–Crippen LogP) is 3.28. The summed E-state index contributed by atoms with van der Waals surface area (Å²) in [7, 11) is 0. The van der Waals surface area contributed by atoms with Crippen LogP contribution in [0.3, 0.4) is 0 Å². The lowest BCUT2D eigenvalue weighted by molar-refractivity contribution is -0.137. The fraction of sp³-hybridized carbons (Fsp3) is 0.375. The Balaban J connectivity index is 1.46. The van der Waals surface area contributed by atoms with Crippen molar-refractivity contribution in [3.05, 3.63) is 64.6 Å². The van der Waals surface area contributed by atoms with Gasteiger partial charge in [-0.05, 0) is 36.8 Å². The van der Waals surface area contributed by atoms with Crippen molar-refractivity contribution >= 4 is 5.91 Å². The van der Waals surface area contributed by atoms with Crippen molar-refractivity contribution in [2.75, 3.05) is 13.2 Å². The zero-order valence-electron chi connectivity index (χ0n) is 18.8. The van der Waals surface area contributed by atoms with Crippen molar-refractivity contribution < 1.29 is 32.5 Å². The molecule has 1 unspecified atom stereocenters. The molecule has 0 spiro atoms. The van der Waals surface area contributed by atoms with E-state index in [0.29, 0.717) is 36.5 Å². The summed E-state index contributed by atoms with van der Waals surface area (Å²) in [6.45, 7) is 3.04. The van der Waals surface area contributed by atoms with Crippen molar-refractivity contribution in [1.82, 2.24) is 20.1 Å². The number of halogens is 3. The number of hydrogen-bond acceptors (Lipinski definition) is 6. The zero-order chi connectivity index (χ0) is 24.7. The Morgan fingerprint density at radius 2 is 2.11 bits per heavy atom. The number of hydrogen-bond donors (Lipinski definition) is 2. The third-order valence-electron chi connectivity index (χ3n) is 6.16. The van der Waals surface area contributed by atoms with Crippen LogP contribution in [0.15, 0.2) is 36.4 Å². The smallest absolute Gasteiger partial charge is 0.416 e. The average Bonchev–Trinajstić information content (AvgIpc) is 3.25. The van der Waals surface area contributed by atoms with E-state index in [0.717, 1.165) is 17.8 Å². The molecule has 0 radical (unpaired) electrons. The Morgan fingerprint density at radius 1 is 1.29 bits per heavy atom. The van der Waals surface area contributed by atoms with Gasteiger partial charge in [0.2, 0.25) is 0 Å². The van der Waals surface area contributed by atoms with Gasteiger partial charge >= 0.3 is 6.18 Å². The lowest BCUT2D eigenvalue weighted by Gasteiger charge is -2.31. The van der Waals surface area contributed by atoms with E-state index in [2.05, 4.69) is 15.4 Å². The van der Waals surface area contributed by atoms with Crippen molar-refractivity contribution in [3.8, 4) is 17.0 Å². The molecule has 8 nitrogen and oxygen atoms in total. The summed E-state index contributed by atoms with van der Waals surface area (Å²) in [5, 5.41) is 18.0. The third-order valence-corrected chi connectivity index (χ3v) is 6.16. The number of fused-ring (bicyclic) bond motifs is 2. The summed E-state index contributed by atoms with van der Waals surface area (Å²) in [5.74, 6) is -0.444. The summed E-state index contributed by atoms with van der Waals surface area (Å²) in [6.07, 6.45) is -5.26. The molecular weight excluding hydrogens is 465 g/mol. The van der Waals surface area contributed by atoms with Crippen molar-refractivity contribution in [3.63, 3.8) is 0 Å². The zero-order valence-corrected chi connectivity index (χ0v) is 18.8. The maximum Gasteiger partial charge on any atom is 0.416 e. The van der Waals surface area contributed by atoms with E-state index in [1.54, 1.807) is 10.7 Å². The van der Waals surface area contributed by atoms with E-state index in [9.17, 15) is 23.1 Å². The fourth-order valence-electron chi connectivity index (χ4n) is 4.32. The van der Waals surface area contributed by atoms with Crippen LogP contribution in [0.4, 0.5) is 13.2 Å². The Bertz CT molecular complexity index is 1270. The number of aliphatic hydroxyl groups is 1. The van der Waals surface area contributed by atoms with Crippen LogP contribution in [0.25, 0.3) is 11.3 Å². The quantitative estimate of drug-likeness (QED) is 0.585. The van der Waals surface area contributed by atoms with Gasteiger partial charge in [-0.2, -0.15) is 18.3 Å². The number of ether oxygens (including phenoxy) is 2. The highest BCUT2D eigenvalue weighted by molar-refractivity contribution is 5.99. The molecule has 1 amide bonds. The minimum atomic E-state index is -4.57. The van der Waals surface area contributed by atoms with Crippen molar-refractivity contribution in [2.45, 2.75) is 44.8 Å². The molecule has 2 aliphatic heterocycles. The van der Waals surface area contributed by atoms with E-state index in [1.165, 1.54) is 6.07 Å². The van der Waals surface area contributed by atoms with E-state index in [4.69, 9.17) is 9.47 Å². The number of pyridine rings is 1. The molecule has 2 aromatic heterocycles. The van der Waals surface area contributed by atoms with Crippen molar-refractivity contribution in [1.29, 1.82) is 0 Å². The minimum Gasteiger partial charge on any atom is -0.491 e. The monoisotopic (exact) mass is 488 g/mol. The molecule has 1 aromatic carbocycles. The van der Waals surface area contributed by atoms with Gasteiger partial charge in [-0.25, -0.2) is 0 Å². The van der Waals surface area contributed by atoms with Gasteiger partial charge < -0.3 is 19.9 Å². The minimum absolute atomic E-state index is 0.0357. The fourth-order valence-corrected chi connectivity index (χ4v) is 4.32. The van der Waals surface area contributed by atoms with E-state index < -0.39 is 29.8 Å². The molecule has 0 fully saturated rings. The first-order valence-electron chi connectivity index (χ1n) is 11.2. The lowest BCUT2D eigenvalue weighted by atomic mass is 9.96. The number of nitrogens with one attached hydrogen (secondary N) is 1. The Kier molecular flexibility index (Phi) is 5.97. The highest BCUT2D eigenvalue weighted by Crippen LogP contribution is 2.38. The van der Waals surface area contributed by atoms with Gasteiger partial charge in [0.25, 0.3) is 5.91 Å².